The largest absolute Gasteiger partial charge is 0.481 e. The van der Waals surface area contributed by atoms with Crippen molar-refractivity contribution in [2.24, 2.45) is 11.8 Å². The van der Waals surface area contributed by atoms with Crippen LogP contribution in [0.15, 0.2) is 0 Å². The van der Waals surface area contributed by atoms with E-state index in [1.165, 1.54) is 0 Å². The Labute approximate surface area is 96.2 Å². The van der Waals surface area contributed by atoms with E-state index in [4.69, 9.17) is 9.84 Å². The summed E-state index contributed by atoms with van der Waals surface area (Å²) in [5.74, 6) is -1.54. The summed E-state index contributed by atoms with van der Waals surface area (Å²) in [4.78, 5) is 22.1. The predicted octanol–water partition coefficient (Wildman–Crippen LogP) is 1.87. The highest BCUT2D eigenvalue weighted by molar-refractivity contribution is 5.72. The molecule has 0 aromatic carbocycles. The summed E-state index contributed by atoms with van der Waals surface area (Å²) in [6.07, 6.45) is -0.584. The molecule has 0 heterocycles. The second-order valence-electron chi connectivity index (χ2n) is 5.07. The van der Waals surface area contributed by atoms with Gasteiger partial charge in [0.25, 0.3) is 0 Å². The van der Waals surface area contributed by atoms with Gasteiger partial charge in [0.05, 0.1) is 5.92 Å². The molecule has 1 atom stereocenters. The number of nitrogens with one attached hydrogen (secondary N) is 1. The van der Waals surface area contributed by atoms with Gasteiger partial charge in [-0.3, -0.25) is 4.79 Å². The topological polar surface area (TPSA) is 75.6 Å². The van der Waals surface area contributed by atoms with Gasteiger partial charge in [0, 0.05) is 6.54 Å². The molecule has 0 saturated heterocycles. The van der Waals surface area contributed by atoms with Gasteiger partial charge in [-0.25, -0.2) is 4.79 Å². The zero-order valence-electron chi connectivity index (χ0n) is 10.5. The van der Waals surface area contributed by atoms with E-state index < -0.39 is 23.6 Å². The number of hydrogen-bond donors (Lipinski definition) is 2. The van der Waals surface area contributed by atoms with E-state index in [-0.39, 0.29) is 12.5 Å². The van der Waals surface area contributed by atoms with Gasteiger partial charge in [0.15, 0.2) is 0 Å². The summed E-state index contributed by atoms with van der Waals surface area (Å²) in [7, 11) is 0. The maximum absolute atomic E-state index is 11.3. The molecule has 0 fully saturated rings. The lowest BCUT2D eigenvalue weighted by Gasteiger charge is -2.21. The lowest BCUT2D eigenvalue weighted by Crippen LogP contribution is -2.38. The molecule has 5 heteroatoms. The summed E-state index contributed by atoms with van der Waals surface area (Å²) in [5, 5.41) is 11.4. The summed E-state index contributed by atoms with van der Waals surface area (Å²) in [6, 6.07) is 0. The van der Waals surface area contributed by atoms with Crippen LogP contribution in [0, 0.1) is 11.8 Å². The first-order chi connectivity index (χ1) is 7.13. The van der Waals surface area contributed by atoms with Crippen LogP contribution >= 0.6 is 0 Å². The molecule has 16 heavy (non-hydrogen) atoms. The summed E-state index contributed by atoms with van der Waals surface area (Å²) in [5.41, 5.74) is -0.569. The number of carbonyl (C=O) groups is 2. The van der Waals surface area contributed by atoms with E-state index in [1.54, 1.807) is 34.6 Å². The van der Waals surface area contributed by atoms with Crippen LogP contribution in [-0.4, -0.2) is 29.3 Å². The zero-order valence-corrected chi connectivity index (χ0v) is 10.5. The van der Waals surface area contributed by atoms with Crippen LogP contribution in [0.25, 0.3) is 0 Å². The number of carboxylic acids is 1. The molecule has 0 radical (unpaired) electrons. The van der Waals surface area contributed by atoms with E-state index in [9.17, 15) is 9.59 Å². The average molecular weight is 231 g/mol. The number of amides is 1. The molecule has 0 saturated carbocycles. The molecular formula is C11H21NO4. The summed E-state index contributed by atoms with van der Waals surface area (Å²) in [6.45, 7) is 8.95. The third kappa shape index (κ3) is 6.27. The van der Waals surface area contributed by atoms with Crippen molar-refractivity contribution in [2.75, 3.05) is 6.54 Å². The van der Waals surface area contributed by atoms with E-state index in [0.29, 0.717) is 0 Å². The highest BCUT2D eigenvalue weighted by atomic mass is 16.6. The van der Waals surface area contributed by atoms with Crippen molar-refractivity contribution in [1.82, 2.24) is 5.32 Å². The van der Waals surface area contributed by atoms with Crippen LogP contribution in [0.4, 0.5) is 4.79 Å². The molecule has 0 aliphatic rings. The Bertz CT molecular complexity index is 255. The van der Waals surface area contributed by atoms with Crippen LogP contribution < -0.4 is 5.32 Å². The fourth-order valence-corrected chi connectivity index (χ4v) is 1.12. The number of carboxylic acid groups (broad SMARTS) is 1. The van der Waals surface area contributed by atoms with E-state index in [0.717, 1.165) is 0 Å². The van der Waals surface area contributed by atoms with Gasteiger partial charge in [0.1, 0.15) is 5.60 Å². The molecule has 0 unspecified atom stereocenters. The Hall–Kier alpha value is -1.26. The van der Waals surface area contributed by atoms with Gasteiger partial charge in [0.2, 0.25) is 0 Å². The lowest BCUT2D eigenvalue weighted by molar-refractivity contribution is -0.142. The average Bonchev–Trinajstić information content (AvgIpc) is 1.98. The molecule has 0 rings (SSSR count). The number of alkyl carbamates (subject to hydrolysis) is 1. The first-order valence-electron chi connectivity index (χ1n) is 5.33. The van der Waals surface area contributed by atoms with Crippen molar-refractivity contribution < 1.29 is 19.4 Å². The van der Waals surface area contributed by atoms with E-state index in [1.807, 2.05) is 0 Å². The van der Waals surface area contributed by atoms with Crippen molar-refractivity contribution in [3.05, 3.63) is 0 Å². The Balaban J connectivity index is 4.12. The standard InChI is InChI=1S/C11H21NO4/c1-7(2)8(9(13)14)6-12-10(15)16-11(3,4)5/h7-8H,6H2,1-5H3,(H,12,15)(H,13,14)/t8-/m1/s1. The van der Waals surface area contributed by atoms with Gasteiger partial charge in [-0.15, -0.1) is 0 Å². The third-order valence-corrected chi connectivity index (χ3v) is 1.99. The molecule has 0 aromatic heterocycles. The fourth-order valence-electron chi connectivity index (χ4n) is 1.12. The van der Waals surface area contributed by atoms with Gasteiger partial charge >= 0.3 is 12.1 Å². The molecule has 94 valence electrons. The lowest BCUT2D eigenvalue weighted by atomic mass is 9.96. The number of rotatable bonds is 4. The maximum atomic E-state index is 11.3. The summed E-state index contributed by atoms with van der Waals surface area (Å²) >= 11 is 0. The van der Waals surface area contributed by atoms with Gasteiger partial charge in [-0.05, 0) is 26.7 Å². The maximum Gasteiger partial charge on any atom is 0.407 e. The van der Waals surface area contributed by atoms with Crippen molar-refractivity contribution in [3.8, 4) is 0 Å². The minimum absolute atomic E-state index is 0.0348. The third-order valence-electron chi connectivity index (χ3n) is 1.99. The monoisotopic (exact) mass is 231 g/mol. The molecule has 0 aliphatic heterocycles. The Morgan fingerprint density at radius 2 is 1.81 bits per heavy atom. The number of aliphatic carboxylic acids is 1. The predicted molar refractivity (Wildman–Crippen MR) is 60.2 cm³/mol. The van der Waals surface area contributed by atoms with Crippen LogP contribution in [-0.2, 0) is 9.53 Å². The number of carbonyl (C=O) groups excluding carboxylic acids is 1. The smallest absolute Gasteiger partial charge is 0.407 e. The number of hydrogen-bond acceptors (Lipinski definition) is 3. The van der Waals surface area contributed by atoms with E-state index in [2.05, 4.69) is 5.32 Å². The quantitative estimate of drug-likeness (QED) is 0.774. The minimum Gasteiger partial charge on any atom is -0.481 e. The molecule has 0 bridgehead atoms. The minimum atomic E-state index is -0.911. The first-order valence-corrected chi connectivity index (χ1v) is 5.33. The highest BCUT2D eigenvalue weighted by Crippen LogP contribution is 2.11. The summed E-state index contributed by atoms with van der Waals surface area (Å²) < 4.78 is 5.00. The van der Waals surface area contributed by atoms with Crippen molar-refractivity contribution >= 4 is 12.1 Å². The highest BCUT2D eigenvalue weighted by Gasteiger charge is 2.23. The second kappa shape index (κ2) is 5.72. The first kappa shape index (κ1) is 14.7. The molecule has 0 spiro atoms. The van der Waals surface area contributed by atoms with Crippen molar-refractivity contribution in [2.45, 2.75) is 40.2 Å². The van der Waals surface area contributed by atoms with Gasteiger partial charge < -0.3 is 15.2 Å². The molecule has 1 amide bonds. The Kier molecular flexibility index (Phi) is 5.27. The molecule has 0 aromatic rings. The molecule has 2 N–H and O–H groups in total. The van der Waals surface area contributed by atoms with Crippen LogP contribution in [0.3, 0.4) is 0 Å². The van der Waals surface area contributed by atoms with Gasteiger partial charge in [-0.1, -0.05) is 13.8 Å². The number of ether oxygens (including phenoxy) is 1. The zero-order chi connectivity index (χ0) is 12.9. The normalized spacial score (nSPS) is 13.4. The van der Waals surface area contributed by atoms with E-state index >= 15 is 0 Å². The molecule has 5 nitrogen and oxygen atoms in total. The van der Waals surface area contributed by atoms with Crippen LogP contribution in [0.1, 0.15) is 34.6 Å². The van der Waals surface area contributed by atoms with Gasteiger partial charge in [-0.2, -0.15) is 0 Å². The SMILES string of the molecule is CC(C)[C@@H](CNC(=O)OC(C)(C)C)C(=O)O. The Morgan fingerprint density at radius 3 is 2.12 bits per heavy atom. The molecule has 0 aliphatic carbocycles. The second-order valence-corrected chi connectivity index (χ2v) is 5.07. The van der Waals surface area contributed by atoms with Crippen LogP contribution in [0.5, 0.6) is 0 Å². The fraction of sp³-hybridized carbons (Fsp3) is 0.818. The van der Waals surface area contributed by atoms with Crippen molar-refractivity contribution in [3.63, 3.8) is 0 Å². The van der Waals surface area contributed by atoms with Crippen molar-refractivity contribution in [1.29, 1.82) is 0 Å². The van der Waals surface area contributed by atoms with Crippen LogP contribution in [0.2, 0.25) is 0 Å². The molecular weight excluding hydrogens is 210 g/mol. The Morgan fingerprint density at radius 1 is 1.31 bits per heavy atom.